The fraction of sp³-hybridized carbons (Fsp3) is 0.158. The predicted molar refractivity (Wildman–Crippen MR) is 177 cm³/mol. The number of fused-ring (bicyclic) bond motifs is 2. The van der Waals surface area contributed by atoms with Gasteiger partial charge < -0.3 is 14.9 Å². The zero-order valence-corrected chi connectivity index (χ0v) is 28.4. The topological polar surface area (TPSA) is 0 Å². The molecule has 0 saturated carbocycles. The van der Waals surface area contributed by atoms with E-state index in [-0.39, 0.29) is 14.9 Å². The van der Waals surface area contributed by atoms with Crippen LogP contribution in [0.1, 0.15) is 42.0 Å². The van der Waals surface area contributed by atoms with Gasteiger partial charge in [-0.25, -0.2) is 0 Å². The molecule has 6 aromatic rings. The molecular formula is C38H40SiZr-4. The summed E-state index contributed by atoms with van der Waals surface area (Å²) in [7, 11) is 0. The summed E-state index contributed by atoms with van der Waals surface area (Å²) in [5.41, 5.74) is 10.8. The van der Waals surface area contributed by atoms with E-state index in [2.05, 4.69) is 151 Å². The third-order valence-corrected chi connectivity index (χ3v) is 7.29. The molecule has 6 rings (SSSR count). The second-order valence-corrected chi connectivity index (χ2v) is 10.2. The van der Waals surface area contributed by atoms with Gasteiger partial charge in [-0.05, 0) is 24.0 Å². The van der Waals surface area contributed by atoms with Crippen molar-refractivity contribution >= 4 is 28.4 Å². The number of benzene rings is 4. The molecule has 0 saturated heterocycles. The van der Waals surface area contributed by atoms with E-state index < -0.39 is 0 Å². The van der Waals surface area contributed by atoms with Crippen LogP contribution in [0.2, 0.25) is 0 Å². The van der Waals surface area contributed by atoms with Crippen LogP contribution in [-0.2, 0) is 23.3 Å². The summed E-state index contributed by atoms with van der Waals surface area (Å²) >= 11 is 1.36. The molecule has 0 aromatic heterocycles. The van der Waals surface area contributed by atoms with E-state index in [1.807, 2.05) is 0 Å². The summed E-state index contributed by atoms with van der Waals surface area (Å²) in [4.78, 5) is 0. The molecule has 0 amide bonds. The van der Waals surface area contributed by atoms with Crippen molar-refractivity contribution in [1.29, 1.82) is 0 Å². The first kappa shape index (κ1) is 33.4. The Morgan fingerprint density at radius 3 is 1.77 bits per heavy atom. The maximum atomic E-state index is 3.06. The van der Waals surface area contributed by atoms with Crippen LogP contribution < -0.4 is 0 Å². The minimum absolute atomic E-state index is 0. The Kier molecular flexibility index (Phi) is 12.8. The average molecular weight is 616 g/mol. The van der Waals surface area contributed by atoms with Crippen molar-refractivity contribution in [2.45, 2.75) is 40.5 Å². The van der Waals surface area contributed by atoms with E-state index in [0.717, 1.165) is 0 Å². The van der Waals surface area contributed by atoms with Gasteiger partial charge in [-0.3, -0.25) is 0 Å². The molecule has 2 heteroatoms. The zero-order valence-electron chi connectivity index (χ0n) is 25.0. The van der Waals surface area contributed by atoms with Crippen LogP contribution in [-0.4, -0.2) is 6.88 Å². The average Bonchev–Trinajstić information content (AvgIpc) is 3.57. The number of hydrogen-bond donors (Lipinski definition) is 0. The molecule has 0 aliphatic heterocycles. The fourth-order valence-electron chi connectivity index (χ4n) is 5.12. The van der Waals surface area contributed by atoms with Crippen LogP contribution in [0.25, 0.3) is 43.8 Å². The van der Waals surface area contributed by atoms with Crippen LogP contribution >= 0.6 is 0 Å². The van der Waals surface area contributed by atoms with Crippen molar-refractivity contribution in [3.05, 3.63) is 146 Å². The Labute approximate surface area is 259 Å². The third kappa shape index (κ3) is 7.28. The SMILES string of the molecule is CC(C)c1cc2c(-c3ccccc3)cccc2[cH-]1.Cc1cc2c(-c3ccccc3)cc(C)c(C)c2[cH-]1.[CH3-].[CH3-].[Si]=[Zr]. The first-order valence-electron chi connectivity index (χ1n) is 13.1. The van der Waals surface area contributed by atoms with E-state index in [4.69, 9.17) is 0 Å². The van der Waals surface area contributed by atoms with Crippen LogP contribution in [0.4, 0.5) is 0 Å². The molecule has 0 aliphatic carbocycles. The summed E-state index contributed by atoms with van der Waals surface area (Å²) in [5.74, 6) is 0.584. The quantitative estimate of drug-likeness (QED) is 0.137. The molecule has 0 aliphatic rings. The molecule has 204 valence electrons. The van der Waals surface area contributed by atoms with Crippen LogP contribution in [0.15, 0.2) is 109 Å². The summed E-state index contributed by atoms with van der Waals surface area (Å²) in [6, 6.07) is 39.4. The number of aryl methyl sites for hydroxylation is 3. The minimum atomic E-state index is 0. The zero-order chi connectivity index (χ0) is 27.2. The Morgan fingerprint density at radius 2 is 1.20 bits per heavy atom. The second-order valence-electron chi connectivity index (χ2n) is 10.2. The molecule has 0 nitrogen and oxygen atoms in total. The number of hydrogen-bond acceptors (Lipinski definition) is 0. The van der Waals surface area contributed by atoms with Gasteiger partial charge in [0.05, 0.1) is 0 Å². The first-order valence-corrected chi connectivity index (χ1v) is 17.3. The Morgan fingerprint density at radius 1 is 0.625 bits per heavy atom. The summed E-state index contributed by atoms with van der Waals surface area (Å²) < 4.78 is 0. The Balaban J connectivity index is 0.000000252. The predicted octanol–water partition coefficient (Wildman–Crippen LogP) is 11.0. The Hall–Kier alpha value is -2.80. The van der Waals surface area contributed by atoms with Crippen molar-refractivity contribution in [2.24, 2.45) is 0 Å². The molecule has 0 N–H and O–H groups in total. The van der Waals surface area contributed by atoms with E-state index in [1.54, 1.807) is 0 Å². The van der Waals surface area contributed by atoms with Crippen molar-refractivity contribution in [3.63, 3.8) is 0 Å². The van der Waals surface area contributed by atoms with Gasteiger partial charge in [0, 0.05) is 0 Å². The summed E-state index contributed by atoms with van der Waals surface area (Å²) in [5, 5.41) is 5.49. The van der Waals surface area contributed by atoms with Crippen molar-refractivity contribution in [2.75, 3.05) is 0 Å². The van der Waals surface area contributed by atoms with Gasteiger partial charge in [0.25, 0.3) is 0 Å². The number of rotatable bonds is 3. The van der Waals surface area contributed by atoms with E-state index >= 15 is 0 Å². The van der Waals surface area contributed by atoms with Crippen molar-refractivity contribution < 1.29 is 23.3 Å². The van der Waals surface area contributed by atoms with Crippen molar-refractivity contribution in [3.8, 4) is 22.3 Å². The van der Waals surface area contributed by atoms with E-state index in [9.17, 15) is 0 Å². The molecule has 0 spiro atoms. The van der Waals surface area contributed by atoms with Crippen molar-refractivity contribution in [1.82, 2.24) is 0 Å². The monoisotopic (exact) mass is 614 g/mol. The molecule has 0 atom stereocenters. The molecule has 40 heavy (non-hydrogen) atoms. The second kappa shape index (κ2) is 15.3. The molecule has 2 radical (unpaired) electrons. The Bertz CT molecular complexity index is 1640. The fourth-order valence-corrected chi connectivity index (χ4v) is 5.12. The van der Waals surface area contributed by atoms with Gasteiger partial charge in [-0.2, -0.15) is 12.1 Å². The maximum absolute atomic E-state index is 3.06. The van der Waals surface area contributed by atoms with E-state index in [1.165, 1.54) is 89.4 Å². The standard InChI is InChI=1S/2C18H17.2CH3.Si.Zr/c1-12-9-16-14(3)13(2)11-17(18(16)10-12)15-7-5-4-6-8-15;1-13(2)16-11-15-9-6-10-17(18(15)12-16)14-7-4-3-5-8-14;;;;/h4-11H,1-3H3;3-13H,1-2H3;2*1H3;;/q4*-1;;. The van der Waals surface area contributed by atoms with Gasteiger partial charge in [-0.15, -0.1) is 62.5 Å². The van der Waals surface area contributed by atoms with Crippen LogP contribution in [0, 0.1) is 35.6 Å². The first-order chi connectivity index (χ1) is 18.4. The summed E-state index contributed by atoms with van der Waals surface area (Å²) in [6.45, 7) is 14.1. The van der Waals surface area contributed by atoms with E-state index in [0.29, 0.717) is 5.92 Å². The molecule has 0 heterocycles. The summed E-state index contributed by atoms with van der Waals surface area (Å²) in [6.07, 6.45) is 0. The molecule has 0 unspecified atom stereocenters. The molecular weight excluding hydrogens is 576 g/mol. The van der Waals surface area contributed by atoms with Crippen LogP contribution in [0.5, 0.6) is 0 Å². The van der Waals surface area contributed by atoms with Gasteiger partial charge >= 0.3 is 30.2 Å². The van der Waals surface area contributed by atoms with Gasteiger partial charge in [-0.1, -0.05) is 117 Å². The van der Waals surface area contributed by atoms with Crippen LogP contribution in [0.3, 0.4) is 0 Å². The van der Waals surface area contributed by atoms with Gasteiger partial charge in [0.2, 0.25) is 0 Å². The molecule has 0 fully saturated rings. The normalized spacial score (nSPS) is 10.1. The molecule has 6 aromatic carbocycles. The third-order valence-electron chi connectivity index (χ3n) is 7.29. The molecule has 0 bridgehead atoms. The van der Waals surface area contributed by atoms with Gasteiger partial charge in [0.1, 0.15) is 0 Å². The van der Waals surface area contributed by atoms with Gasteiger partial charge in [0.15, 0.2) is 0 Å².